The van der Waals surface area contributed by atoms with E-state index in [1.807, 2.05) is 39.0 Å². The molecule has 0 unspecified atom stereocenters. The van der Waals surface area contributed by atoms with Crippen molar-refractivity contribution in [1.29, 1.82) is 0 Å². The minimum Gasteiger partial charge on any atom is -0.324 e. The predicted molar refractivity (Wildman–Crippen MR) is 84.1 cm³/mol. The molecule has 0 saturated heterocycles. The first-order valence-corrected chi connectivity index (χ1v) is 7.91. The molecule has 0 saturated carbocycles. The molecule has 3 N–H and O–H groups in total. The van der Waals surface area contributed by atoms with Gasteiger partial charge in [-0.2, -0.15) is 0 Å². The SMILES string of the molecule is CC(C)n1c(Sc2ccc([C@@H](C)N)cc2Br)n[nH]c1=O. The lowest BCUT2D eigenvalue weighted by atomic mass is 10.1. The fourth-order valence-corrected chi connectivity index (χ4v) is 3.41. The van der Waals surface area contributed by atoms with Crippen molar-refractivity contribution >= 4 is 27.7 Å². The average Bonchev–Trinajstić information content (AvgIpc) is 2.72. The summed E-state index contributed by atoms with van der Waals surface area (Å²) in [5.74, 6) is 0. The maximum Gasteiger partial charge on any atom is 0.344 e. The summed E-state index contributed by atoms with van der Waals surface area (Å²) < 4.78 is 2.58. The first-order valence-electron chi connectivity index (χ1n) is 6.30. The quantitative estimate of drug-likeness (QED) is 0.882. The maximum atomic E-state index is 11.7. The molecule has 0 bridgehead atoms. The van der Waals surface area contributed by atoms with Crippen LogP contribution in [0.2, 0.25) is 0 Å². The van der Waals surface area contributed by atoms with Crippen molar-refractivity contribution in [3.63, 3.8) is 0 Å². The molecule has 20 heavy (non-hydrogen) atoms. The summed E-state index contributed by atoms with van der Waals surface area (Å²) in [5, 5.41) is 7.22. The number of hydrogen-bond acceptors (Lipinski definition) is 4. The molecule has 1 aromatic carbocycles. The molecule has 0 aliphatic heterocycles. The van der Waals surface area contributed by atoms with Crippen LogP contribution in [0.3, 0.4) is 0 Å². The van der Waals surface area contributed by atoms with E-state index in [9.17, 15) is 4.79 Å². The summed E-state index contributed by atoms with van der Waals surface area (Å²) >= 11 is 4.98. The van der Waals surface area contributed by atoms with Gasteiger partial charge in [-0.05, 0) is 66.2 Å². The molecule has 0 aliphatic rings. The van der Waals surface area contributed by atoms with Gasteiger partial charge in [0.05, 0.1) is 0 Å². The Morgan fingerprint density at radius 2 is 2.10 bits per heavy atom. The summed E-state index contributed by atoms with van der Waals surface area (Å²) in [6, 6.07) is 6.02. The minimum absolute atomic E-state index is 0.00965. The number of benzene rings is 1. The van der Waals surface area contributed by atoms with Crippen LogP contribution in [0.15, 0.2) is 37.5 Å². The van der Waals surface area contributed by atoms with Crippen molar-refractivity contribution < 1.29 is 0 Å². The monoisotopic (exact) mass is 356 g/mol. The number of nitrogens with zero attached hydrogens (tertiary/aromatic N) is 2. The lowest BCUT2D eigenvalue weighted by Gasteiger charge is -2.11. The number of rotatable bonds is 4. The number of nitrogens with one attached hydrogen (secondary N) is 1. The van der Waals surface area contributed by atoms with E-state index in [4.69, 9.17) is 5.73 Å². The van der Waals surface area contributed by atoms with Gasteiger partial charge < -0.3 is 5.73 Å². The van der Waals surface area contributed by atoms with E-state index in [0.717, 1.165) is 14.9 Å². The van der Waals surface area contributed by atoms with Gasteiger partial charge in [-0.3, -0.25) is 4.57 Å². The Hall–Kier alpha value is -1.05. The lowest BCUT2D eigenvalue weighted by molar-refractivity contribution is 0.534. The van der Waals surface area contributed by atoms with Crippen LogP contribution in [0.4, 0.5) is 0 Å². The van der Waals surface area contributed by atoms with Gasteiger partial charge in [-0.15, -0.1) is 5.10 Å². The van der Waals surface area contributed by atoms with E-state index >= 15 is 0 Å². The Kier molecular flexibility index (Phi) is 4.72. The van der Waals surface area contributed by atoms with Gasteiger partial charge in [0.25, 0.3) is 0 Å². The highest BCUT2D eigenvalue weighted by atomic mass is 79.9. The van der Waals surface area contributed by atoms with Gasteiger partial charge in [0, 0.05) is 21.5 Å². The molecule has 0 aliphatic carbocycles. The topological polar surface area (TPSA) is 76.7 Å². The summed E-state index contributed by atoms with van der Waals surface area (Å²) in [6.45, 7) is 5.85. The molecule has 2 rings (SSSR count). The van der Waals surface area contributed by atoms with Crippen LogP contribution >= 0.6 is 27.7 Å². The molecule has 0 amide bonds. The van der Waals surface area contributed by atoms with E-state index in [1.165, 1.54) is 11.8 Å². The molecular formula is C13H17BrN4OS. The van der Waals surface area contributed by atoms with Crippen molar-refractivity contribution in [2.75, 3.05) is 0 Å². The van der Waals surface area contributed by atoms with E-state index in [0.29, 0.717) is 5.16 Å². The van der Waals surface area contributed by atoms with Crippen molar-refractivity contribution in [3.8, 4) is 0 Å². The molecule has 0 fully saturated rings. The van der Waals surface area contributed by atoms with Crippen LogP contribution in [0.5, 0.6) is 0 Å². The molecule has 108 valence electrons. The maximum absolute atomic E-state index is 11.7. The Bertz CT molecular complexity index is 663. The van der Waals surface area contributed by atoms with Crippen LogP contribution in [0.1, 0.15) is 38.4 Å². The van der Waals surface area contributed by atoms with Crippen molar-refractivity contribution in [2.45, 2.75) is 42.9 Å². The van der Waals surface area contributed by atoms with Gasteiger partial charge in [-0.1, -0.05) is 6.07 Å². The van der Waals surface area contributed by atoms with Crippen LogP contribution in [-0.2, 0) is 0 Å². The van der Waals surface area contributed by atoms with Gasteiger partial charge >= 0.3 is 5.69 Å². The number of nitrogens with two attached hydrogens (primary N) is 1. The van der Waals surface area contributed by atoms with Crippen LogP contribution in [0.25, 0.3) is 0 Å². The van der Waals surface area contributed by atoms with Crippen molar-refractivity contribution in [2.24, 2.45) is 5.73 Å². The molecular weight excluding hydrogens is 340 g/mol. The first kappa shape index (κ1) is 15.3. The molecule has 5 nitrogen and oxygen atoms in total. The van der Waals surface area contributed by atoms with Crippen LogP contribution in [0, 0.1) is 0 Å². The van der Waals surface area contributed by atoms with E-state index in [-0.39, 0.29) is 17.8 Å². The Morgan fingerprint density at radius 1 is 1.40 bits per heavy atom. The highest BCUT2D eigenvalue weighted by Crippen LogP contribution is 2.34. The van der Waals surface area contributed by atoms with Crippen LogP contribution < -0.4 is 11.4 Å². The average molecular weight is 357 g/mol. The standard InChI is InChI=1S/C13H17BrN4OS/c1-7(2)18-12(19)16-17-13(18)20-11-5-4-9(8(3)15)6-10(11)14/h4-8H,15H2,1-3H3,(H,16,19)/t8-/m1/s1. The smallest absolute Gasteiger partial charge is 0.324 e. The third kappa shape index (κ3) is 3.16. The number of hydrogen-bond donors (Lipinski definition) is 2. The summed E-state index contributed by atoms with van der Waals surface area (Å²) in [7, 11) is 0. The molecule has 1 aromatic heterocycles. The largest absolute Gasteiger partial charge is 0.344 e. The summed E-state index contributed by atoms with van der Waals surface area (Å²) in [4.78, 5) is 12.7. The van der Waals surface area contributed by atoms with Crippen molar-refractivity contribution in [1.82, 2.24) is 14.8 Å². The van der Waals surface area contributed by atoms with E-state index < -0.39 is 0 Å². The molecule has 0 radical (unpaired) electrons. The number of aromatic nitrogens is 3. The molecule has 1 heterocycles. The Morgan fingerprint density at radius 3 is 2.65 bits per heavy atom. The third-order valence-electron chi connectivity index (χ3n) is 2.87. The number of H-pyrrole nitrogens is 1. The number of halogens is 1. The normalized spacial score (nSPS) is 12.9. The Labute approximate surface area is 130 Å². The van der Waals surface area contributed by atoms with Gasteiger partial charge in [0.1, 0.15) is 0 Å². The zero-order chi connectivity index (χ0) is 14.9. The summed E-state index contributed by atoms with van der Waals surface area (Å²) in [6.07, 6.45) is 0. The predicted octanol–water partition coefficient (Wildman–Crippen LogP) is 3.09. The fourth-order valence-electron chi connectivity index (χ4n) is 1.80. The second-order valence-electron chi connectivity index (χ2n) is 4.86. The van der Waals surface area contributed by atoms with E-state index in [1.54, 1.807) is 4.57 Å². The highest BCUT2D eigenvalue weighted by Gasteiger charge is 2.14. The van der Waals surface area contributed by atoms with E-state index in [2.05, 4.69) is 26.1 Å². The molecule has 7 heteroatoms. The van der Waals surface area contributed by atoms with Crippen molar-refractivity contribution in [3.05, 3.63) is 38.7 Å². The molecule has 1 atom stereocenters. The van der Waals surface area contributed by atoms with Gasteiger partial charge in [0.2, 0.25) is 0 Å². The second-order valence-corrected chi connectivity index (χ2v) is 6.72. The zero-order valence-corrected chi connectivity index (χ0v) is 14.0. The molecule has 0 spiro atoms. The second kappa shape index (κ2) is 6.15. The van der Waals surface area contributed by atoms with Gasteiger partial charge in [0.15, 0.2) is 5.16 Å². The Balaban J connectivity index is 2.34. The number of aromatic amines is 1. The lowest BCUT2D eigenvalue weighted by Crippen LogP contribution is -2.19. The third-order valence-corrected chi connectivity index (χ3v) is 4.84. The van der Waals surface area contributed by atoms with Gasteiger partial charge in [-0.25, -0.2) is 9.89 Å². The fraction of sp³-hybridized carbons (Fsp3) is 0.385. The summed E-state index contributed by atoms with van der Waals surface area (Å²) in [5.41, 5.74) is 6.73. The first-order chi connectivity index (χ1) is 9.40. The molecule has 2 aromatic rings. The van der Waals surface area contributed by atoms with Crippen LogP contribution in [-0.4, -0.2) is 14.8 Å². The highest BCUT2D eigenvalue weighted by molar-refractivity contribution is 9.10. The minimum atomic E-state index is -0.189. The zero-order valence-electron chi connectivity index (χ0n) is 11.6.